The molecule has 1 N–H and O–H groups in total. The van der Waals surface area contributed by atoms with Gasteiger partial charge in [-0.05, 0) is 25.4 Å². The van der Waals surface area contributed by atoms with E-state index in [0.717, 1.165) is 11.5 Å². The number of aromatic nitrogens is 3. The summed E-state index contributed by atoms with van der Waals surface area (Å²) in [5, 5.41) is 9.45. The maximum Gasteiger partial charge on any atom is 0.340 e. The lowest BCUT2D eigenvalue weighted by Crippen LogP contribution is -2.28. The van der Waals surface area contributed by atoms with Crippen LogP contribution in [0.25, 0.3) is 0 Å². The molecule has 104 valence electrons. The van der Waals surface area contributed by atoms with Crippen molar-refractivity contribution in [2.75, 3.05) is 11.9 Å². The average molecular weight is 292 g/mol. The maximum absolute atomic E-state index is 12.2. The molecule has 0 spiro atoms. The Hall–Kier alpha value is -2.35. The fourth-order valence-corrected chi connectivity index (χ4v) is 2.45. The number of anilines is 1. The molecule has 0 bridgehead atoms. The average Bonchev–Trinajstić information content (AvgIpc) is 2.80. The monoisotopic (exact) mass is 292 g/mol. The Balaban J connectivity index is 2.36. The number of nitrogens with zero attached hydrogens (tertiary/aromatic N) is 4. The van der Waals surface area contributed by atoms with E-state index in [1.807, 2.05) is 0 Å². The Bertz CT molecular complexity index is 666. The lowest BCUT2D eigenvalue weighted by molar-refractivity contribution is 0.0697. The van der Waals surface area contributed by atoms with Gasteiger partial charge in [0, 0.05) is 13.2 Å². The first-order chi connectivity index (χ1) is 9.41. The Morgan fingerprint density at radius 2 is 1.95 bits per heavy atom. The molecule has 1 amide bonds. The molecular formula is C12H12N4O3S. The van der Waals surface area contributed by atoms with Gasteiger partial charge in [0.1, 0.15) is 16.3 Å². The van der Waals surface area contributed by atoms with Crippen LogP contribution in [-0.4, -0.2) is 38.4 Å². The fourth-order valence-electron chi connectivity index (χ4n) is 1.60. The van der Waals surface area contributed by atoms with Gasteiger partial charge >= 0.3 is 5.97 Å². The highest BCUT2D eigenvalue weighted by atomic mass is 32.1. The predicted molar refractivity (Wildman–Crippen MR) is 73.3 cm³/mol. The SMILES string of the molecule is Cc1cnc(C(=O)N(C)c2snc(C)c2C(=O)O)cn1. The van der Waals surface area contributed by atoms with E-state index < -0.39 is 11.9 Å². The van der Waals surface area contributed by atoms with Crippen molar-refractivity contribution in [2.45, 2.75) is 13.8 Å². The van der Waals surface area contributed by atoms with Gasteiger partial charge in [0.2, 0.25) is 0 Å². The van der Waals surface area contributed by atoms with Crippen LogP contribution in [0, 0.1) is 13.8 Å². The Kier molecular flexibility index (Phi) is 3.75. The van der Waals surface area contributed by atoms with Crippen LogP contribution < -0.4 is 4.90 Å². The maximum atomic E-state index is 12.2. The van der Waals surface area contributed by atoms with E-state index in [1.165, 1.54) is 24.3 Å². The smallest absolute Gasteiger partial charge is 0.340 e. The summed E-state index contributed by atoms with van der Waals surface area (Å²) < 4.78 is 3.98. The standard InChI is InChI=1S/C12H12N4O3S/c1-6-4-14-8(5-13-6)10(17)16(3)11-9(12(18)19)7(2)15-20-11/h4-5H,1-3H3,(H,18,19). The lowest BCUT2D eigenvalue weighted by Gasteiger charge is -2.15. The molecule has 0 aromatic carbocycles. The van der Waals surface area contributed by atoms with E-state index >= 15 is 0 Å². The molecule has 0 atom stereocenters. The van der Waals surface area contributed by atoms with Crippen LogP contribution in [0.5, 0.6) is 0 Å². The molecule has 0 saturated heterocycles. The van der Waals surface area contributed by atoms with Gasteiger partial charge in [0.05, 0.1) is 17.6 Å². The van der Waals surface area contributed by atoms with Gasteiger partial charge in [-0.3, -0.25) is 14.7 Å². The second-order valence-corrected chi connectivity index (χ2v) is 4.91. The molecule has 0 radical (unpaired) electrons. The van der Waals surface area contributed by atoms with Crippen molar-refractivity contribution < 1.29 is 14.7 Å². The highest BCUT2D eigenvalue weighted by Gasteiger charge is 2.25. The van der Waals surface area contributed by atoms with Gasteiger partial charge in [-0.25, -0.2) is 9.78 Å². The molecule has 0 aliphatic rings. The van der Waals surface area contributed by atoms with Gasteiger partial charge in [-0.1, -0.05) is 0 Å². The summed E-state index contributed by atoms with van der Waals surface area (Å²) in [6, 6.07) is 0. The number of carbonyl (C=O) groups excluding carboxylic acids is 1. The van der Waals surface area contributed by atoms with Gasteiger partial charge in [-0.2, -0.15) is 4.37 Å². The summed E-state index contributed by atoms with van der Waals surface area (Å²) in [4.78, 5) is 32.7. The van der Waals surface area contributed by atoms with Crippen molar-refractivity contribution in [1.82, 2.24) is 14.3 Å². The van der Waals surface area contributed by atoms with Crippen LogP contribution in [0.4, 0.5) is 5.00 Å². The summed E-state index contributed by atoms with van der Waals surface area (Å²) in [6.45, 7) is 3.35. The molecule has 2 heterocycles. The van der Waals surface area contributed by atoms with Gasteiger partial charge < -0.3 is 5.11 Å². The number of hydrogen-bond donors (Lipinski definition) is 1. The zero-order valence-electron chi connectivity index (χ0n) is 11.1. The van der Waals surface area contributed by atoms with Gasteiger partial charge in [0.15, 0.2) is 0 Å². The van der Waals surface area contributed by atoms with E-state index in [-0.39, 0.29) is 16.3 Å². The Labute approximate surface area is 119 Å². The fraction of sp³-hybridized carbons (Fsp3) is 0.250. The third kappa shape index (κ3) is 2.50. The van der Waals surface area contributed by atoms with Crippen molar-refractivity contribution >= 4 is 28.4 Å². The van der Waals surface area contributed by atoms with E-state index in [2.05, 4.69) is 14.3 Å². The summed E-state index contributed by atoms with van der Waals surface area (Å²) in [5.74, 6) is -1.54. The van der Waals surface area contributed by atoms with Crippen LogP contribution in [-0.2, 0) is 0 Å². The lowest BCUT2D eigenvalue weighted by atomic mass is 10.2. The first-order valence-corrected chi connectivity index (χ1v) is 6.45. The first kappa shape index (κ1) is 14.1. The quantitative estimate of drug-likeness (QED) is 0.921. The highest BCUT2D eigenvalue weighted by Crippen LogP contribution is 2.28. The number of amides is 1. The second kappa shape index (κ2) is 5.33. The summed E-state index contributed by atoms with van der Waals surface area (Å²) in [7, 11) is 1.49. The van der Waals surface area contributed by atoms with E-state index in [0.29, 0.717) is 11.4 Å². The number of aromatic carboxylic acids is 1. The van der Waals surface area contributed by atoms with Crippen molar-refractivity contribution in [3.8, 4) is 0 Å². The van der Waals surface area contributed by atoms with Gasteiger partial charge in [0.25, 0.3) is 5.91 Å². The normalized spacial score (nSPS) is 10.3. The third-order valence-corrected chi connectivity index (χ3v) is 3.68. The third-order valence-electron chi connectivity index (χ3n) is 2.67. The van der Waals surface area contributed by atoms with Crippen LogP contribution in [0.1, 0.15) is 32.2 Å². The van der Waals surface area contributed by atoms with Crippen molar-refractivity contribution in [1.29, 1.82) is 0 Å². The number of carboxylic acid groups (broad SMARTS) is 1. The molecule has 7 nitrogen and oxygen atoms in total. The molecule has 2 rings (SSSR count). The molecule has 0 saturated carbocycles. The van der Waals surface area contributed by atoms with Crippen molar-refractivity contribution in [2.24, 2.45) is 0 Å². The number of hydrogen-bond acceptors (Lipinski definition) is 6. The van der Waals surface area contributed by atoms with Crippen LogP contribution in [0.3, 0.4) is 0 Å². The van der Waals surface area contributed by atoms with Crippen LogP contribution in [0.15, 0.2) is 12.4 Å². The predicted octanol–water partition coefficient (Wildman–Crippen LogP) is 1.52. The van der Waals surface area contributed by atoms with Gasteiger partial charge in [-0.15, -0.1) is 0 Å². The summed E-state index contributed by atoms with van der Waals surface area (Å²) in [6.07, 6.45) is 2.85. The largest absolute Gasteiger partial charge is 0.478 e. The van der Waals surface area contributed by atoms with Crippen molar-refractivity contribution in [3.05, 3.63) is 35.0 Å². The van der Waals surface area contributed by atoms with E-state index in [1.54, 1.807) is 13.8 Å². The minimum absolute atomic E-state index is 0.0333. The van der Waals surface area contributed by atoms with E-state index in [4.69, 9.17) is 0 Å². The Morgan fingerprint density at radius 3 is 2.50 bits per heavy atom. The topological polar surface area (TPSA) is 96.3 Å². The molecule has 2 aromatic heterocycles. The molecule has 0 aliphatic heterocycles. The second-order valence-electron chi connectivity index (χ2n) is 4.16. The molecule has 8 heteroatoms. The Morgan fingerprint density at radius 1 is 1.25 bits per heavy atom. The highest BCUT2D eigenvalue weighted by molar-refractivity contribution is 7.11. The van der Waals surface area contributed by atoms with Crippen LogP contribution in [0.2, 0.25) is 0 Å². The first-order valence-electron chi connectivity index (χ1n) is 5.68. The van der Waals surface area contributed by atoms with Crippen LogP contribution >= 0.6 is 11.5 Å². The molecular weight excluding hydrogens is 280 g/mol. The number of aryl methyl sites for hydroxylation is 2. The van der Waals surface area contributed by atoms with Crippen molar-refractivity contribution in [3.63, 3.8) is 0 Å². The number of carbonyl (C=O) groups is 2. The molecule has 20 heavy (non-hydrogen) atoms. The molecule has 2 aromatic rings. The minimum Gasteiger partial charge on any atom is -0.478 e. The summed E-state index contributed by atoms with van der Waals surface area (Å²) in [5.41, 5.74) is 1.27. The molecule has 0 unspecified atom stereocenters. The molecule has 0 fully saturated rings. The zero-order valence-corrected chi connectivity index (χ0v) is 11.9. The number of rotatable bonds is 3. The molecule has 0 aliphatic carbocycles. The minimum atomic E-state index is -1.11. The number of carboxylic acids is 1. The summed E-state index contributed by atoms with van der Waals surface area (Å²) >= 11 is 0.965. The van der Waals surface area contributed by atoms with E-state index in [9.17, 15) is 14.7 Å². The zero-order chi connectivity index (χ0) is 14.9.